The number of benzene rings is 1. The highest BCUT2D eigenvalue weighted by Gasteiger charge is 2.14. The standard InChI is InChI=1S/C15H19N5O/c1-11-5-4-6-12(9-11)16-18-15(21)10-20-14-8-3-2-7-13(14)17-19-20/h2-3,7-8,11H,4-6,9-10H2,1H3,(H,18,21)/b16-12+/t11-/m0/s1. The lowest BCUT2D eigenvalue weighted by atomic mass is 9.89. The summed E-state index contributed by atoms with van der Waals surface area (Å²) in [4.78, 5) is 12.0. The molecule has 1 saturated carbocycles. The topological polar surface area (TPSA) is 72.2 Å². The maximum absolute atomic E-state index is 12.0. The van der Waals surface area contributed by atoms with Crippen molar-refractivity contribution in [2.24, 2.45) is 11.0 Å². The van der Waals surface area contributed by atoms with Crippen LogP contribution in [0.3, 0.4) is 0 Å². The SMILES string of the molecule is C[C@H]1CCC/C(=N\NC(=O)Cn2nnc3ccccc32)C1. The molecule has 0 spiro atoms. The van der Waals surface area contributed by atoms with Gasteiger partial charge in [-0.2, -0.15) is 5.10 Å². The third-order valence-corrected chi connectivity index (χ3v) is 3.80. The summed E-state index contributed by atoms with van der Waals surface area (Å²) in [6.07, 6.45) is 4.37. The van der Waals surface area contributed by atoms with Crippen molar-refractivity contribution in [2.45, 2.75) is 39.2 Å². The molecule has 1 aromatic heterocycles. The average molecular weight is 285 g/mol. The van der Waals surface area contributed by atoms with Crippen LogP contribution >= 0.6 is 0 Å². The molecule has 0 saturated heterocycles. The summed E-state index contributed by atoms with van der Waals surface area (Å²) in [5.74, 6) is 0.491. The molecule has 1 aromatic carbocycles. The number of carbonyl (C=O) groups is 1. The molecular formula is C15H19N5O. The minimum atomic E-state index is -0.170. The van der Waals surface area contributed by atoms with E-state index >= 15 is 0 Å². The van der Waals surface area contributed by atoms with E-state index in [0.717, 1.165) is 36.0 Å². The molecule has 1 heterocycles. The van der Waals surface area contributed by atoms with Crippen LogP contribution in [0.25, 0.3) is 11.0 Å². The highest BCUT2D eigenvalue weighted by Crippen LogP contribution is 2.20. The normalized spacial score (nSPS) is 20.8. The Morgan fingerprint density at radius 3 is 3.19 bits per heavy atom. The Balaban J connectivity index is 1.63. The lowest BCUT2D eigenvalue weighted by molar-refractivity contribution is -0.121. The molecule has 0 aliphatic heterocycles. The van der Waals surface area contributed by atoms with Gasteiger partial charge in [0, 0.05) is 5.71 Å². The quantitative estimate of drug-likeness (QED) is 0.878. The third-order valence-electron chi connectivity index (χ3n) is 3.80. The molecule has 0 bridgehead atoms. The second-order valence-corrected chi connectivity index (χ2v) is 5.65. The predicted octanol–water partition coefficient (Wildman–Crippen LogP) is 2.11. The number of hydrogen-bond acceptors (Lipinski definition) is 4. The van der Waals surface area contributed by atoms with Crippen LogP contribution < -0.4 is 5.43 Å². The van der Waals surface area contributed by atoms with E-state index in [0.29, 0.717) is 5.92 Å². The second-order valence-electron chi connectivity index (χ2n) is 5.65. The van der Waals surface area contributed by atoms with Crippen molar-refractivity contribution in [2.75, 3.05) is 0 Å². The van der Waals surface area contributed by atoms with Crippen LogP contribution in [0.15, 0.2) is 29.4 Å². The van der Waals surface area contributed by atoms with Gasteiger partial charge in [-0.1, -0.05) is 24.3 Å². The molecule has 1 atom stereocenters. The van der Waals surface area contributed by atoms with Gasteiger partial charge in [-0.3, -0.25) is 4.79 Å². The monoisotopic (exact) mass is 285 g/mol. The Bertz CT molecular complexity index is 676. The maximum Gasteiger partial charge on any atom is 0.261 e. The molecule has 1 aliphatic rings. The Hall–Kier alpha value is -2.24. The van der Waals surface area contributed by atoms with Gasteiger partial charge in [0.2, 0.25) is 0 Å². The molecule has 0 radical (unpaired) electrons. The van der Waals surface area contributed by atoms with Crippen molar-refractivity contribution in [3.8, 4) is 0 Å². The Morgan fingerprint density at radius 1 is 1.48 bits per heavy atom. The molecule has 0 unspecified atom stereocenters. The number of hydrogen-bond donors (Lipinski definition) is 1. The van der Waals surface area contributed by atoms with E-state index in [-0.39, 0.29) is 12.5 Å². The minimum absolute atomic E-state index is 0.132. The van der Waals surface area contributed by atoms with Crippen molar-refractivity contribution in [1.82, 2.24) is 20.4 Å². The number of para-hydroxylation sites is 1. The van der Waals surface area contributed by atoms with Gasteiger partial charge in [0.15, 0.2) is 0 Å². The van der Waals surface area contributed by atoms with Crippen molar-refractivity contribution >= 4 is 22.7 Å². The summed E-state index contributed by atoms with van der Waals surface area (Å²) in [6.45, 7) is 2.35. The van der Waals surface area contributed by atoms with E-state index in [1.807, 2.05) is 24.3 Å². The molecule has 1 N–H and O–H groups in total. The maximum atomic E-state index is 12.0. The van der Waals surface area contributed by atoms with Crippen molar-refractivity contribution in [1.29, 1.82) is 0 Å². The van der Waals surface area contributed by atoms with Gasteiger partial charge in [-0.25, -0.2) is 10.1 Å². The molecule has 21 heavy (non-hydrogen) atoms. The first-order valence-electron chi connectivity index (χ1n) is 7.35. The number of hydrazone groups is 1. The van der Waals surface area contributed by atoms with Gasteiger partial charge >= 0.3 is 0 Å². The van der Waals surface area contributed by atoms with E-state index in [1.54, 1.807) is 4.68 Å². The van der Waals surface area contributed by atoms with Crippen LogP contribution in [0.1, 0.15) is 32.6 Å². The lowest BCUT2D eigenvalue weighted by Gasteiger charge is -2.18. The fourth-order valence-electron chi connectivity index (χ4n) is 2.71. The molecule has 1 amide bonds. The Kier molecular flexibility index (Phi) is 3.94. The summed E-state index contributed by atoms with van der Waals surface area (Å²) in [6, 6.07) is 7.58. The van der Waals surface area contributed by atoms with Crippen LogP contribution in [-0.4, -0.2) is 26.6 Å². The second kappa shape index (κ2) is 6.03. The number of amides is 1. The predicted molar refractivity (Wildman–Crippen MR) is 80.7 cm³/mol. The van der Waals surface area contributed by atoms with Gasteiger partial charge in [0.25, 0.3) is 5.91 Å². The fourth-order valence-corrected chi connectivity index (χ4v) is 2.71. The molecule has 1 fully saturated rings. The van der Waals surface area contributed by atoms with Crippen LogP contribution in [0.5, 0.6) is 0 Å². The zero-order valence-corrected chi connectivity index (χ0v) is 12.1. The molecule has 2 aromatic rings. The van der Waals surface area contributed by atoms with Crippen molar-refractivity contribution in [3.05, 3.63) is 24.3 Å². The lowest BCUT2D eigenvalue weighted by Crippen LogP contribution is -2.26. The summed E-state index contributed by atoms with van der Waals surface area (Å²) in [5, 5.41) is 12.3. The Labute approximate surface area is 123 Å². The van der Waals surface area contributed by atoms with E-state index < -0.39 is 0 Å². The van der Waals surface area contributed by atoms with E-state index in [4.69, 9.17) is 0 Å². The molecule has 6 heteroatoms. The number of carbonyl (C=O) groups excluding carboxylic acids is 1. The summed E-state index contributed by atoms with van der Waals surface area (Å²) >= 11 is 0. The zero-order valence-electron chi connectivity index (χ0n) is 12.1. The number of nitrogens with one attached hydrogen (secondary N) is 1. The Morgan fingerprint density at radius 2 is 2.33 bits per heavy atom. The van der Waals surface area contributed by atoms with Crippen LogP contribution in [0.2, 0.25) is 0 Å². The first kappa shape index (κ1) is 13.7. The summed E-state index contributed by atoms with van der Waals surface area (Å²) in [5.41, 5.74) is 5.37. The number of fused-ring (bicyclic) bond motifs is 1. The smallest absolute Gasteiger partial charge is 0.261 e. The molecular weight excluding hydrogens is 266 g/mol. The number of nitrogens with zero attached hydrogens (tertiary/aromatic N) is 4. The highest BCUT2D eigenvalue weighted by atomic mass is 16.2. The molecule has 110 valence electrons. The van der Waals surface area contributed by atoms with Gasteiger partial charge in [-0.15, -0.1) is 5.10 Å². The van der Waals surface area contributed by atoms with Gasteiger partial charge < -0.3 is 0 Å². The number of rotatable bonds is 3. The largest absolute Gasteiger partial charge is 0.271 e. The fraction of sp³-hybridized carbons (Fsp3) is 0.467. The van der Waals surface area contributed by atoms with Crippen molar-refractivity contribution < 1.29 is 4.79 Å². The van der Waals surface area contributed by atoms with Crippen LogP contribution in [-0.2, 0) is 11.3 Å². The number of aromatic nitrogens is 3. The van der Waals surface area contributed by atoms with Crippen LogP contribution in [0, 0.1) is 5.92 Å². The molecule has 3 rings (SSSR count). The van der Waals surface area contributed by atoms with Gasteiger partial charge in [0.1, 0.15) is 12.1 Å². The highest BCUT2D eigenvalue weighted by molar-refractivity contribution is 5.87. The average Bonchev–Trinajstić information content (AvgIpc) is 2.89. The molecule has 1 aliphatic carbocycles. The first-order chi connectivity index (χ1) is 10.2. The van der Waals surface area contributed by atoms with E-state index in [2.05, 4.69) is 27.8 Å². The zero-order chi connectivity index (χ0) is 14.7. The van der Waals surface area contributed by atoms with Crippen molar-refractivity contribution in [3.63, 3.8) is 0 Å². The third kappa shape index (κ3) is 3.26. The summed E-state index contributed by atoms with van der Waals surface area (Å²) in [7, 11) is 0. The van der Waals surface area contributed by atoms with Crippen LogP contribution in [0.4, 0.5) is 0 Å². The van der Waals surface area contributed by atoms with Gasteiger partial charge in [-0.05, 0) is 43.7 Å². The first-order valence-corrected chi connectivity index (χ1v) is 7.35. The van der Waals surface area contributed by atoms with E-state index in [9.17, 15) is 4.79 Å². The van der Waals surface area contributed by atoms with Gasteiger partial charge in [0.05, 0.1) is 5.52 Å². The minimum Gasteiger partial charge on any atom is -0.271 e. The summed E-state index contributed by atoms with van der Waals surface area (Å²) < 4.78 is 1.59. The molecule has 6 nitrogen and oxygen atoms in total. The van der Waals surface area contributed by atoms with E-state index in [1.165, 1.54) is 6.42 Å².